The van der Waals surface area contributed by atoms with Gasteiger partial charge >= 0.3 is 0 Å². The Kier molecular flexibility index (Phi) is 6.82. The summed E-state index contributed by atoms with van der Waals surface area (Å²) in [7, 11) is 1.55. The topological polar surface area (TPSA) is 93.3 Å². The lowest BCUT2D eigenvalue weighted by molar-refractivity contribution is 0.0940. The molecular weight excluding hydrogens is 444 g/mol. The molecule has 1 amide bonds. The maximum Gasteiger partial charge on any atom is 0.287 e. The van der Waals surface area contributed by atoms with Crippen LogP contribution in [-0.4, -0.2) is 29.6 Å². The fourth-order valence-electron chi connectivity index (χ4n) is 3.40. The van der Waals surface area contributed by atoms with Crippen LogP contribution in [-0.2, 0) is 13.0 Å². The second-order valence-electron chi connectivity index (χ2n) is 7.44. The van der Waals surface area contributed by atoms with E-state index < -0.39 is 17.3 Å². The van der Waals surface area contributed by atoms with Crippen LogP contribution in [0.5, 0.6) is 11.5 Å². The third-order valence-corrected chi connectivity index (χ3v) is 5.13. The molecule has 174 valence electrons. The molecule has 4 aromatic rings. The summed E-state index contributed by atoms with van der Waals surface area (Å²) in [6, 6.07) is 15.5. The van der Waals surface area contributed by atoms with E-state index in [2.05, 4.69) is 15.3 Å². The smallest absolute Gasteiger partial charge is 0.287 e. The highest BCUT2D eigenvalue weighted by Gasteiger charge is 2.17. The normalized spacial score (nSPS) is 10.8. The third kappa shape index (κ3) is 5.20. The quantitative estimate of drug-likeness (QED) is 0.413. The largest absolute Gasteiger partial charge is 0.497 e. The molecule has 0 fully saturated rings. The van der Waals surface area contributed by atoms with E-state index in [0.29, 0.717) is 12.2 Å². The minimum Gasteiger partial charge on any atom is -0.497 e. The van der Waals surface area contributed by atoms with E-state index in [1.165, 1.54) is 18.2 Å². The van der Waals surface area contributed by atoms with Crippen LogP contribution >= 0.6 is 0 Å². The molecule has 0 aliphatic rings. The van der Waals surface area contributed by atoms with Gasteiger partial charge in [-0.25, -0.2) is 13.8 Å². The van der Waals surface area contributed by atoms with E-state index in [1.807, 2.05) is 6.07 Å². The van der Waals surface area contributed by atoms with E-state index in [1.54, 1.807) is 37.4 Å². The summed E-state index contributed by atoms with van der Waals surface area (Å²) in [6.45, 7) is 0.253. The van der Waals surface area contributed by atoms with Crippen molar-refractivity contribution in [3.63, 3.8) is 0 Å². The van der Waals surface area contributed by atoms with Gasteiger partial charge in [-0.15, -0.1) is 0 Å². The zero-order valence-corrected chi connectivity index (χ0v) is 18.2. The Hall–Kier alpha value is -4.27. The van der Waals surface area contributed by atoms with Crippen LogP contribution < -0.4 is 20.3 Å². The summed E-state index contributed by atoms with van der Waals surface area (Å²) >= 11 is 0. The van der Waals surface area contributed by atoms with Crippen molar-refractivity contribution in [2.75, 3.05) is 13.7 Å². The number of methoxy groups -OCH3 is 1. The molecule has 1 aromatic heterocycles. The number of halogens is 2. The number of amides is 1. The fraction of sp³-hybridized carbons (Fsp3) is 0.160. The van der Waals surface area contributed by atoms with Gasteiger partial charge in [0, 0.05) is 13.0 Å². The van der Waals surface area contributed by atoms with E-state index in [9.17, 15) is 18.4 Å². The second-order valence-corrected chi connectivity index (χ2v) is 7.44. The molecule has 7 nitrogen and oxygen atoms in total. The lowest BCUT2D eigenvalue weighted by Gasteiger charge is -2.11. The van der Waals surface area contributed by atoms with Gasteiger partial charge in [-0.2, -0.15) is 0 Å². The van der Waals surface area contributed by atoms with Gasteiger partial charge in [0.05, 0.1) is 19.2 Å². The monoisotopic (exact) mass is 465 g/mol. The summed E-state index contributed by atoms with van der Waals surface area (Å²) in [5.74, 6) is -1.48. The van der Waals surface area contributed by atoms with Crippen LogP contribution in [0.4, 0.5) is 8.78 Å². The summed E-state index contributed by atoms with van der Waals surface area (Å²) in [5, 5.41) is 2.59. The molecule has 0 bridgehead atoms. The van der Waals surface area contributed by atoms with E-state index in [-0.39, 0.29) is 41.4 Å². The summed E-state index contributed by atoms with van der Waals surface area (Å²) < 4.78 is 38.2. The lowest BCUT2D eigenvalue weighted by atomic mass is 10.1. The van der Waals surface area contributed by atoms with Crippen molar-refractivity contribution in [1.29, 1.82) is 0 Å². The molecule has 0 spiro atoms. The standard InChI is InChI=1S/C25H21F2N3O4/c1-33-18-4-2-3-16(13-18)14-28-25(32)23-29-20-10-9-19(27)22(21(20)24(31)30-23)34-12-11-15-5-7-17(26)8-6-15/h2-10,13H,11-12,14H2,1H3,(H,28,32)(H,29,30,31). The van der Waals surface area contributed by atoms with Crippen molar-refractivity contribution in [2.24, 2.45) is 0 Å². The molecule has 3 aromatic carbocycles. The van der Waals surface area contributed by atoms with Crippen LogP contribution in [0.2, 0.25) is 0 Å². The van der Waals surface area contributed by atoms with Crippen molar-refractivity contribution >= 4 is 16.8 Å². The molecule has 0 unspecified atom stereocenters. The van der Waals surface area contributed by atoms with Gasteiger partial charge in [0.15, 0.2) is 17.4 Å². The SMILES string of the molecule is COc1cccc(CNC(=O)c2nc3ccc(F)c(OCCc4ccc(F)cc4)c3c(=O)[nH]2)c1. The van der Waals surface area contributed by atoms with Crippen molar-refractivity contribution < 1.29 is 23.0 Å². The predicted molar refractivity (Wildman–Crippen MR) is 122 cm³/mol. The van der Waals surface area contributed by atoms with Gasteiger partial charge in [0.1, 0.15) is 17.0 Å². The van der Waals surface area contributed by atoms with Crippen LogP contribution in [0.1, 0.15) is 21.7 Å². The fourth-order valence-corrected chi connectivity index (χ4v) is 3.40. The summed E-state index contributed by atoms with van der Waals surface area (Å²) in [6.07, 6.45) is 0.381. The predicted octanol–water partition coefficient (Wildman–Crippen LogP) is 3.76. The number of aromatic nitrogens is 2. The molecular formula is C25H21F2N3O4. The Morgan fingerprint density at radius 3 is 2.62 bits per heavy atom. The minimum absolute atomic E-state index is 0.0594. The first kappa shape index (κ1) is 22.9. The molecule has 0 aliphatic heterocycles. The van der Waals surface area contributed by atoms with Crippen LogP contribution in [0.3, 0.4) is 0 Å². The molecule has 2 N–H and O–H groups in total. The van der Waals surface area contributed by atoms with Crippen LogP contribution in [0, 0.1) is 11.6 Å². The number of nitrogens with zero attached hydrogens (tertiary/aromatic N) is 1. The molecule has 1 heterocycles. The number of benzene rings is 3. The Labute approximate surface area is 193 Å². The Morgan fingerprint density at radius 1 is 1.06 bits per heavy atom. The van der Waals surface area contributed by atoms with Crippen molar-refractivity contribution in [1.82, 2.24) is 15.3 Å². The molecule has 34 heavy (non-hydrogen) atoms. The average Bonchev–Trinajstić information content (AvgIpc) is 2.85. The van der Waals surface area contributed by atoms with Crippen LogP contribution in [0.15, 0.2) is 65.5 Å². The van der Waals surface area contributed by atoms with Gasteiger partial charge in [-0.3, -0.25) is 9.59 Å². The maximum absolute atomic E-state index is 14.5. The Bertz CT molecular complexity index is 1390. The molecule has 0 aliphatic carbocycles. The third-order valence-electron chi connectivity index (χ3n) is 5.13. The van der Waals surface area contributed by atoms with Crippen molar-refractivity contribution in [3.8, 4) is 11.5 Å². The number of ether oxygens (including phenoxy) is 2. The van der Waals surface area contributed by atoms with Crippen molar-refractivity contribution in [2.45, 2.75) is 13.0 Å². The van der Waals surface area contributed by atoms with Crippen molar-refractivity contribution in [3.05, 3.63) is 99.6 Å². The number of fused-ring (bicyclic) bond motifs is 1. The number of hydrogen-bond acceptors (Lipinski definition) is 5. The Morgan fingerprint density at radius 2 is 1.85 bits per heavy atom. The molecule has 4 rings (SSSR count). The van der Waals surface area contributed by atoms with Gasteiger partial charge in [0.25, 0.3) is 11.5 Å². The number of nitrogens with one attached hydrogen (secondary N) is 2. The average molecular weight is 465 g/mol. The zero-order valence-electron chi connectivity index (χ0n) is 18.2. The number of H-pyrrole nitrogens is 1. The van der Waals surface area contributed by atoms with Gasteiger partial charge in [0.2, 0.25) is 0 Å². The zero-order chi connectivity index (χ0) is 24.1. The first-order chi connectivity index (χ1) is 16.4. The van der Waals surface area contributed by atoms with Crippen LogP contribution in [0.25, 0.3) is 10.9 Å². The molecule has 9 heteroatoms. The lowest BCUT2D eigenvalue weighted by Crippen LogP contribution is -2.27. The number of aromatic amines is 1. The number of hydrogen-bond donors (Lipinski definition) is 2. The first-order valence-electron chi connectivity index (χ1n) is 10.5. The van der Waals surface area contributed by atoms with Gasteiger partial charge in [-0.1, -0.05) is 24.3 Å². The second kappa shape index (κ2) is 10.1. The van der Waals surface area contributed by atoms with E-state index in [0.717, 1.165) is 17.2 Å². The number of rotatable bonds is 8. The summed E-state index contributed by atoms with van der Waals surface area (Å²) in [4.78, 5) is 31.9. The van der Waals surface area contributed by atoms with Gasteiger partial charge in [-0.05, 0) is 47.5 Å². The molecule has 0 atom stereocenters. The number of carbonyl (C=O) groups excluding carboxylic acids is 1. The number of carbonyl (C=O) groups is 1. The van der Waals surface area contributed by atoms with E-state index in [4.69, 9.17) is 9.47 Å². The Balaban J connectivity index is 1.51. The van der Waals surface area contributed by atoms with Gasteiger partial charge < -0.3 is 19.8 Å². The highest BCUT2D eigenvalue weighted by Crippen LogP contribution is 2.25. The highest BCUT2D eigenvalue weighted by atomic mass is 19.1. The maximum atomic E-state index is 14.5. The molecule has 0 saturated heterocycles. The molecule has 0 radical (unpaired) electrons. The van der Waals surface area contributed by atoms with E-state index >= 15 is 0 Å². The first-order valence-corrected chi connectivity index (χ1v) is 10.5. The minimum atomic E-state index is -0.728. The highest BCUT2D eigenvalue weighted by molar-refractivity contribution is 5.93. The summed E-state index contributed by atoms with van der Waals surface area (Å²) in [5.41, 5.74) is 1.01. The molecule has 0 saturated carbocycles.